The van der Waals surface area contributed by atoms with E-state index < -0.39 is 12.0 Å². The second-order valence-electron chi connectivity index (χ2n) is 5.95. The number of nitrogens with zero attached hydrogens (tertiary/aromatic N) is 4. The highest BCUT2D eigenvalue weighted by Gasteiger charge is 2.32. The number of carbonyl (C=O) groups is 1. The molecule has 6 heteroatoms. The lowest BCUT2D eigenvalue weighted by molar-refractivity contribution is -0.138. The van der Waals surface area contributed by atoms with Crippen molar-refractivity contribution in [3.63, 3.8) is 0 Å². The quantitative estimate of drug-likeness (QED) is 0.937. The van der Waals surface area contributed by atoms with Gasteiger partial charge in [-0.15, -0.1) is 0 Å². The molecular formula is C17H18N4O2. The molecule has 1 N–H and O–H groups in total. The van der Waals surface area contributed by atoms with E-state index in [-0.39, 0.29) is 0 Å². The number of hydrogen-bond acceptors (Lipinski definition) is 5. The van der Waals surface area contributed by atoms with Gasteiger partial charge in [0, 0.05) is 24.8 Å². The fourth-order valence-electron chi connectivity index (χ4n) is 3.52. The van der Waals surface area contributed by atoms with Gasteiger partial charge in [0.05, 0.1) is 0 Å². The van der Waals surface area contributed by atoms with E-state index in [4.69, 9.17) is 0 Å². The van der Waals surface area contributed by atoms with Crippen LogP contribution in [0.25, 0.3) is 0 Å². The summed E-state index contributed by atoms with van der Waals surface area (Å²) in [5.41, 5.74) is 2.49. The number of hydrogen-bond donors (Lipinski definition) is 1. The van der Waals surface area contributed by atoms with Gasteiger partial charge in [-0.25, -0.2) is 14.8 Å². The van der Waals surface area contributed by atoms with Crippen LogP contribution in [0.15, 0.2) is 36.7 Å². The van der Waals surface area contributed by atoms with E-state index in [0.29, 0.717) is 12.2 Å². The lowest BCUT2D eigenvalue weighted by Crippen LogP contribution is -2.36. The first-order chi connectivity index (χ1) is 11.2. The second-order valence-corrected chi connectivity index (χ2v) is 5.95. The Balaban J connectivity index is 1.66. The molecule has 6 nitrogen and oxygen atoms in total. The highest BCUT2D eigenvalue weighted by molar-refractivity contribution is 5.79. The van der Waals surface area contributed by atoms with Gasteiger partial charge in [-0.3, -0.25) is 0 Å². The van der Waals surface area contributed by atoms with Crippen LogP contribution in [0.2, 0.25) is 0 Å². The summed E-state index contributed by atoms with van der Waals surface area (Å²) in [5.74, 6) is 0.745. The lowest BCUT2D eigenvalue weighted by atomic mass is 10.2. The van der Waals surface area contributed by atoms with Crippen LogP contribution in [0, 0.1) is 0 Å². The Kier molecular flexibility index (Phi) is 3.37. The summed E-state index contributed by atoms with van der Waals surface area (Å²) >= 11 is 0. The summed E-state index contributed by atoms with van der Waals surface area (Å²) in [6.45, 7) is 1.61. The van der Waals surface area contributed by atoms with Gasteiger partial charge in [0.2, 0.25) is 0 Å². The van der Waals surface area contributed by atoms with E-state index in [2.05, 4.69) is 33.1 Å². The normalized spacial score (nSPS) is 19.9. The molecule has 118 valence electrons. The van der Waals surface area contributed by atoms with E-state index in [1.54, 1.807) is 0 Å². The number of anilines is 3. The van der Waals surface area contributed by atoms with Gasteiger partial charge in [-0.2, -0.15) is 0 Å². The van der Waals surface area contributed by atoms with Gasteiger partial charge in [0.25, 0.3) is 0 Å². The van der Waals surface area contributed by atoms with Crippen LogP contribution in [0.1, 0.15) is 18.4 Å². The van der Waals surface area contributed by atoms with Crippen LogP contribution in [-0.2, 0) is 11.2 Å². The molecule has 0 saturated carbocycles. The van der Waals surface area contributed by atoms with Crippen molar-refractivity contribution in [2.45, 2.75) is 25.3 Å². The van der Waals surface area contributed by atoms with Crippen LogP contribution in [-0.4, -0.2) is 40.2 Å². The molecule has 0 aliphatic carbocycles. The number of benzene rings is 1. The molecule has 0 bridgehead atoms. The van der Waals surface area contributed by atoms with Gasteiger partial charge < -0.3 is 14.9 Å². The number of fused-ring (bicyclic) bond motifs is 1. The Bertz CT molecular complexity index is 749. The molecule has 1 aromatic carbocycles. The monoisotopic (exact) mass is 310 g/mol. The minimum Gasteiger partial charge on any atom is -0.480 e. The molecule has 2 aromatic rings. The molecule has 23 heavy (non-hydrogen) atoms. The van der Waals surface area contributed by atoms with Gasteiger partial charge in [0.1, 0.15) is 24.0 Å². The maximum atomic E-state index is 11.4. The Morgan fingerprint density at radius 2 is 2.00 bits per heavy atom. The van der Waals surface area contributed by atoms with Crippen molar-refractivity contribution < 1.29 is 9.90 Å². The third-order valence-electron chi connectivity index (χ3n) is 4.63. The Morgan fingerprint density at radius 3 is 2.87 bits per heavy atom. The van der Waals surface area contributed by atoms with Gasteiger partial charge in [-0.05, 0) is 30.9 Å². The molecule has 1 fully saturated rings. The molecule has 4 rings (SSSR count). The molecule has 3 heterocycles. The molecule has 2 aliphatic heterocycles. The smallest absolute Gasteiger partial charge is 0.326 e. The largest absolute Gasteiger partial charge is 0.480 e. The lowest BCUT2D eigenvalue weighted by Gasteiger charge is -2.24. The van der Waals surface area contributed by atoms with Crippen molar-refractivity contribution >= 4 is 23.3 Å². The van der Waals surface area contributed by atoms with E-state index in [9.17, 15) is 9.90 Å². The van der Waals surface area contributed by atoms with E-state index >= 15 is 0 Å². The highest BCUT2D eigenvalue weighted by Crippen LogP contribution is 2.34. The molecule has 0 amide bonds. The van der Waals surface area contributed by atoms with Crippen LogP contribution in [0.4, 0.5) is 17.3 Å². The summed E-state index contributed by atoms with van der Waals surface area (Å²) < 4.78 is 0. The van der Waals surface area contributed by atoms with Crippen molar-refractivity contribution in [3.05, 3.63) is 42.2 Å². The fraction of sp³-hybridized carbons (Fsp3) is 0.353. The minimum absolute atomic E-state index is 0.483. The summed E-state index contributed by atoms with van der Waals surface area (Å²) in [6, 6.07) is 9.74. The Hall–Kier alpha value is -2.63. The molecule has 1 aromatic heterocycles. The molecule has 1 atom stereocenters. The van der Waals surface area contributed by atoms with Crippen LogP contribution in [0.3, 0.4) is 0 Å². The van der Waals surface area contributed by atoms with Crippen molar-refractivity contribution in [2.75, 3.05) is 22.9 Å². The van der Waals surface area contributed by atoms with Crippen LogP contribution >= 0.6 is 0 Å². The molecule has 1 saturated heterocycles. The minimum atomic E-state index is -0.783. The van der Waals surface area contributed by atoms with Crippen molar-refractivity contribution in [3.8, 4) is 0 Å². The maximum absolute atomic E-state index is 11.4. The zero-order valence-electron chi connectivity index (χ0n) is 12.7. The number of carboxylic acids is 1. The summed E-state index contributed by atoms with van der Waals surface area (Å²) in [5, 5.41) is 9.36. The van der Waals surface area contributed by atoms with Crippen molar-refractivity contribution in [1.29, 1.82) is 0 Å². The molecule has 0 unspecified atom stereocenters. The summed E-state index contributed by atoms with van der Waals surface area (Å²) in [6.07, 6.45) is 4.07. The number of aliphatic carboxylic acids is 1. The zero-order chi connectivity index (χ0) is 15.8. The second kappa shape index (κ2) is 5.53. The fourth-order valence-corrected chi connectivity index (χ4v) is 3.52. The number of aromatic nitrogens is 2. The maximum Gasteiger partial charge on any atom is 0.326 e. The zero-order valence-corrected chi connectivity index (χ0v) is 12.7. The van der Waals surface area contributed by atoms with Crippen LogP contribution < -0.4 is 9.80 Å². The van der Waals surface area contributed by atoms with Crippen molar-refractivity contribution in [2.24, 2.45) is 0 Å². The Labute approximate surface area is 134 Å². The van der Waals surface area contributed by atoms with E-state index in [1.807, 2.05) is 17.0 Å². The predicted octanol–water partition coefficient (Wildman–Crippen LogP) is 2.22. The van der Waals surface area contributed by atoms with Gasteiger partial charge >= 0.3 is 5.97 Å². The third-order valence-corrected chi connectivity index (χ3v) is 4.63. The SMILES string of the molecule is O=C(O)[C@H]1CCCN1c1cc(N2CCc3ccccc32)ncn1. The molecule has 2 aliphatic rings. The first-order valence-electron chi connectivity index (χ1n) is 7.91. The van der Waals surface area contributed by atoms with Crippen molar-refractivity contribution in [1.82, 2.24) is 9.97 Å². The first kappa shape index (κ1) is 14.0. The molecule has 0 spiro atoms. The Morgan fingerprint density at radius 1 is 1.17 bits per heavy atom. The third kappa shape index (κ3) is 2.40. The van der Waals surface area contributed by atoms with Gasteiger partial charge in [0.15, 0.2) is 0 Å². The summed E-state index contributed by atoms with van der Waals surface area (Å²) in [7, 11) is 0. The molecular weight excluding hydrogens is 292 g/mol. The average molecular weight is 310 g/mol. The first-order valence-corrected chi connectivity index (χ1v) is 7.91. The average Bonchev–Trinajstić information content (AvgIpc) is 3.22. The summed E-state index contributed by atoms with van der Waals surface area (Å²) in [4.78, 5) is 24.1. The van der Waals surface area contributed by atoms with E-state index in [0.717, 1.165) is 31.7 Å². The van der Waals surface area contributed by atoms with Crippen LogP contribution in [0.5, 0.6) is 0 Å². The standard InChI is InChI=1S/C17H18N4O2/c22-17(23)14-6-3-8-20(14)15-10-16(19-11-18-15)21-9-7-12-4-1-2-5-13(12)21/h1-2,4-5,10-11,14H,3,6-9H2,(H,22,23)/t14-/m1/s1. The predicted molar refractivity (Wildman–Crippen MR) is 87.2 cm³/mol. The molecule has 0 radical (unpaired) electrons. The topological polar surface area (TPSA) is 69.6 Å². The van der Waals surface area contributed by atoms with E-state index in [1.165, 1.54) is 17.6 Å². The van der Waals surface area contributed by atoms with Gasteiger partial charge in [-0.1, -0.05) is 18.2 Å². The highest BCUT2D eigenvalue weighted by atomic mass is 16.4. The number of rotatable bonds is 3. The number of para-hydroxylation sites is 1. The number of carboxylic acid groups (broad SMARTS) is 1.